The summed E-state index contributed by atoms with van der Waals surface area (Å²) in [7, 11) is 0. The summed E-state index contributed by atoms with van der Waals surface area (Å²) in [5.74, 6) is 0.0573. The molecular formula is C17H14BrNO2. The number of carbonyl (C=O) groups is 1. The van der Waals surface area contributed by atoms with Crippen molar-refractivity contribution in [2.45, 2.75) is 13.8 Å². The number of anilines is 1. The van der Waals surface area contributed by atoms with E-state index in [1.807, 2.05) is 50.2 Å². The lowest BCUT2D eigenvalue weighted by atomic mass is 10.1. The molecule has 2 aromatic carbocycles. The maximum absolute atomic E-state index is 12.3. The van der Waals surface area contributed by atoms with Crippen molar-refractivity contribution in [3.8, 4) is 0 Å². The Labute approximate surface area is 131 Å². The zero-order valence-electron chi connectivity index (χ0n) is 11.7. The Morgan fingerprint density at radius 2 is 1.90 bits per heavy atom. The van der Waals surface area contributed by atoms with E-state index in [1.54, 1.807) is 6.07 Å². The van der Waals surface area contributed by atoms with Crippen LogP contribution in [-0.2, 0) is 0 Å². The Hall–Kier alpha value is -2.07. The summed E-state index contributed by atoms with van der Waals surface area (Å²) in [6.45, 7) is 3.98. The van der Waals surface area contributed by atoms with Crippen LogP contribution in [0.3, 0.4) is 0 Å². The van der Waals surface area contributed by atoms with E-state index in [-0.39, 0.29) is 5.91 Å². The summed E-state index contributed by atoms with van der Waals surface area (Å²) in [5, 5.41) is 3.82. The van der Waals surface area contributed by atoms with Gasteiger partial charge in [0.05, 0.1) is 5.69 Å². The first kappa shape index (κ1) is 13.9. The van der Waals surface area contributed by atoms with Crippen LogP contribution in [0.5, 0.6) is 0 Å². The van der Waals surface area contributed by atoms with Crippen LogP contribution in [0.25, 0.3) is 11.0 Å². The monoisotopic (exact) mass is 343 g/mol. The largest absolute Gasteiger partial charge is 0.451 e. The minimum atomic E-state index is -0.251. The molecule has 106 valence electrons. The van der Waals surface area contributed by atoms with Crippen molar-refractivity contribution >= 4 is 38.5 Å². The van der Waals surface area contributed by atoms with Crippen molar-refractivity contribution in [1.29, 1.82) is 0 Å². The lowest BCUT2D eigenvalue weighted by molar-refractivity contribution is 0.0998. The van der Waals surface area contributed by atoms with E-state index < -0.39 is 0 Å². The molecule has 0 fully saturated rings. The third-order valence-corrected chi connectivity index (χ3v) is 3.95. The predicted molar refractivity (Wildman–Crippen MR) is 87.8 cm³/mol. The lowest BCUT2D eigenvalue weighted by Gasteiger charge is -2.10. The van der Waals surface area contributed by atoms with E-state index in [0.717, 1.165) is 26.7 Å². The number of halogens is 1. The van der Waals surface area contributed by atoms with Gasteiger partial charge in [0.2, 0.25) is 0 Å². The van der Waals surface area contributed by atoms with Gasteiger partial charge >= 0.3 is 0 Å². The van der Waals surface area contributed by atoms with Gasteiger partial charge in [-0.15, -0.1) is 0 Å². The van der Waals surface area contributed by atoms with Crippen molar-refractivity contribution < 1.29 is 9.21 Å². The maximum atomic E-state index is 12.3. The number of fused-ring (bicyclic) bond motifs is 1. The number of amides is 1. The van der Waals surface area contributed by atoms with Gasteiger partial charge in [0.15, 0.2) is 5.76 Å². The van der Waals surface area contributed by atoms with Gasteiger partial charge in [-0.3, -0.25) is 4.79 Å². The van der Waals surface area contributed by atoms with Gasteiger partial charge in [-0.2, -0.15) is 0 Å². The number of para-hydroxylation sites is 1. The molecule has 1 N–H and O–H groups in total. The first-order valence-electron chi connectivity index (χ1n) is 6.61. The molecule has 0 bridgehead atoms. The molecule has 1 amide bonds. The summed E-state index contributed by atoms with van der Waals surface area (Å²) in [6.07, 6.45) is 0. The van der Waals surface area contributed by atoms with Gasteiger partial charge in [0.25, 0.3) is 5.91 Å². The highest BCUT2D eigenvalue weighted by Gasteiger charge is 2.15. The number of furan rings is 1. The quantitative estimate of drug-likeness (QED) is 0.706. The molecule has 0 spiro atoms. The number of hydrogen-bond acceptors (Lipinski definition) is 2. The van der Waals surface area contributed by atoms with Crippen LogP contribution in [0.15, 0.2) is 51.4 Å². The third kappa shape index (κ3) is 2.72. The second kappa shape index (κ2) is 5.37. The van der Waals surface area contributed by atoms with Crippen LogP contribution in [0, 0.1) is 13.8 Å². The zero-order chi connectivity index (χ0) is 15.0. The molecule has 0 atom stereocenters. The Bertz CT molecular complexity index is 780. The molecule has 0 aliphatic carbocycles. The number of benzene rings is 2. The number of aryl methyl sites for hydroxylation is 2. The van der Waals surface area contributed by atoms with Gasteiger partial charge in [-0.25, -0.2) is 0 Å². The summed E-state index contributed by atoms with van der Waals surface area (Å²) >= 11 is 3.49. The molecular weight excluding hydrogens is 330 g/mol. The van der Waals surface area contributed by atoms with Crippen LogP contribution in [0.2, 0.25) is 0 Å². The normalized spacial score (nSPS) is 10.8. The average Bonchev–Trinajstić information content (AvgIpc) is 2.86. The van der Waals surface area contributed by atoms with Crippen LogP contribution < -0.4 is 5.32 Å². The lowest BCUT2D eigenvalue weighted by Crippen LogP contribution is -2.12. The second-order valence-electron chi connectivity index (χ2n) is 5.04. The van der Waals surface area contributed by atoms with Gasteiger partial charge in [-0.05, 0) is 59.1 Å². The summed E-state index contributed by atoms with van der Waals surface area (Å²) in [6, 6.07) is 13.3. The highest BCUT2D eigenvalue weighted by atomic mass is 79.9. The predicted octanol–water partition coefficient (Wildman–Crippen LogP) is 5.06. The van der Waals surface area contributed by atoms with Crippen molar-refractivity contribution in [3.63, 3.8) is 0 Å². The average molecular weight is 344 g/mol. The Morgan fingerprint density at radius 1 is 1.14 bits per heavy atom. The van der Waals surface area contributed by atoms with E-state index in [9.17, 15) is 4.79 Å². The molecule has 3 rings (SSSR count). The van der Waals surface area contributed by atoms with Crippen molar-refractivity contribution in [2.75, 3.05) is 5.32 Å². The standard InChI is InChI=1S/C17H14BrNO2/c1-10-7-11(2)16(13(18)8-10)19-17(20)15-9-12-5-3-4-6-14(12)21-15/h3-9H,1-2H3,(H,19,20). The first-order valence-corrected chi connectivity index (χ1v) is 7.40. The second-order valence-corrected chi connectivity index (χ2v) is 5.90. The van der Waals surface area contributed by atoms with Crippen molar-refractivity contribution in [2.24, 2.45) is 0 Å². The number of nitrogens with one attached hydrogen (secondary N) is 1. The van der Waals surface area contributed by atoms with Gasteiger partial charge in [0.1, 0.15) is 5.58 Å². The molecule has 0 radical (unpaired) electrons. The first-order chi connectivity index (χ1) is 10.0. The molecule has 3 aromatic rings. The highest BCUT2D eigenvalue weighted by molar-refractivity contribution is 9.10. The molecule has 0 aliphatic rings. The van der Waals surface area contributed by atoms with E-state index in [4.69, 9.17) is 4.42 Å². The molecule has 4 heteroatoms. The van der Waals surface area contributed by atoms with Crippen molar-refractivity contribution in [3.05, 3.63) is 63.8 Å². The fraction of sp³-hybridized carbons (Fsp3) is 0.118. The molecule has 0 aliphatic heterocycles. The smallest absolute Gasteiger partial charge is 0.291 e. The molecule has 0 saturated carbocycles. The highest BCUT2D eigenvalue weighted by Crippen LogP contribution is 2.29. The van der Waals surface area contributed by atoms with Gasteiger partial charge in [-0.1, -0.05) is 24.3 Å². The molecule has 3 nitrogen and oxygen atoms in total. The number of carbonyl (C=O) groups excluding carboxylic acids is 1. The molecule has 1 aromatic heterocycles. The van der Waals surface area contributed by atoms with Crippen LogP contribution in [-0.4, -0.2) is 5.91 Å². The number of hydrogen-bond donors (Lipinski definition) is 1. The molecule has 1 heterocycles. The molecule has 0 unspecified atom stereocenters. The van der Waals surface area contributed by atoms with E-state index >= 15 is 0 Å². The minimum absolute atomic E-state index is 0.251. The van der Waals surface area contributed by atoms with E-state index in [1.165, 1.54) is 0 Å². The summed E-state index contributed by atoms with van der Waals surface area (Å²) in [5.41, 5.74) is 3.63. The third-order valence-electron chi connectivity index (χ3n) is 3.32. The Kier molecular flexibility index (Phi) is 3.55. The van der Waals surface area contributed by atoms with Crippen LogP contribution in [0.4, 0.5) is 5.69 Å². The summed E-state index contributed by atoms with van der Waals surface area (Å²) < 4.78 is 6.44. The fourth-order valence-corrected chi connectivity index (χ4v) is 3.12. The molecule has 0 saturated heterocycles. The van der Waals surface area contributed by atoms with E-state index in [0.29, 0.717) is 11.3 Å². The maximum Gasteiger partial charge on any atom is 0.291 e. The zero-order valence-corrected chi connectivity index (χ0v) is 13.3. The summed E-state index contributed by atoms with van der Waals surface area (Å²) in [4.78, 5) is 12.3. The molecule has 21 heavy (non-hydrogen) atoms. The van der Waals surface area contributed by atoms with Gasteiger partial charge < -0.3 is 9.73 Å². The van der Waals surface area contributed by atoms with Crippen molar-refractivity contribution in [1.82, 2.24) is 0 Å². The SMILES string of the molecule is Cc1cc(C)c(NC(=O)c2cc3ccccc3o2)c(Br)c1. The Balaban J connectivity index is 1.93. The fourth-order valence-electron chi connectivity index (χ4n) is 2.34. The van der Waals surface area contributed by atoms with Gasteiger partial charge in [0, 0.05) is 9.86 Å². The van der Waals surface area contributed by atoms with Crippen LogP contribution in [0.1, 0.15) is 21.7 Å². The van der Waals surface area contributed by atoms with E-state index in [2.05, 4.69) is 21.2 Å². The topological polar surface area (TPSA) is 42.2 Å². The number of rotatable bonds is 2. The Morgan fingerprint density at radius 3 is 2.62 bits per heavy atom. The van der Waals surface area contributed by atoms with Crippen LogP contribution >= 0.6 is 15.9 Å². The minimum Gasteiger partial charge on any atom is -0.451 e.